The van der Waals surface area contributed by atoms with Gasteiger partial charge in [0.2, 0.25) is 5.91 Å². The first-order chi connectivity index (χ1) is 7.90. The van der Waals surface area contributed by atoms with Gasteiger partial charge >= 0.3 is 0 Å². The number of hydrogen-bond donors (Lipinski definition) is 2. The van der Waals surface area contributed by atoms with Gasteiger partial charge in [0.25, 0.3) is 0 Å². The molecule has 1 aromatic rings. The lowest BCUT2D eigenvalue weighted by Crippen LogP contribution is -2.37. The SMILES string of the molecule is COc1ccc(NC(=O)C(C)(C)CN)c(C)c1. The third-order valence-corrected chi connectivity index (χ3v) is 2.81. The molecule has 0 spiro atoms. The van der Waals surface area contributed by atoms with Gasteiger partial charge in [-0.05, 0) is 44.5 Å². The molecule has 1 aromatic carbocycles. The van der Waals surface area contributed by atoms with E-state index >= 15 is 0 Å². The molecule has 0 bridgehead atoms. The van der Waals surface area contributed by atoms with Gasteiger partial charge in [0, 0.05) is 12.2 Å². The maximum atomic E-state index is 11.9. The highest BCUT2D eigenvalue weighted by atomic mass is 16.5. The summed E-state index contributed by atoms with van der Waals surface area (Å²) < 4.78 is 5.11. The van der Waals surface area contributed by atoms with Crippen LogP contribution < -0.4 is 15.8 Å². The second-order valence-corrected chi connectivity index (χ2v) is 4.72. The Kier molecular flexibility index (Phi) is 4.12. The molecule has 0 fully saturated rings. The van der Waals surface area contributed by atoms with Crippen molar-refractivity contribution in [2.45, 2.75) is 20.8 Å². The van der Waals surface area contributed by atoms with Gasteiger partial charge in [0.15, 0.2) is 0 Å². The summed E-state index contributed by atoms with van der Waals surface area (Å²) in [5, 5.41) is 2.88. The van der Waals surface area contributed by atoms with E-state index in [2.05, 4.69) is 5.32 Å². The molecular formula is C13H20N2O2. The summed E-state index contributed by atoms with van der Waals surface area (Å²) in [7, 11) is 1.62. The fourth-order valence-corrected chi connectivity index (χ4v) is 1.29. The first-order valence-electron chi connectivity index (χ1n) is 5.57. The molecule has 0 saturated heterocycles. The molecule has 17 heavy (non-hydrogen) atoms. The maximum Gasteiger partial charge on any atom is 0.231 e. The average molecular weight is 236 g/mol. The van der Waals surface area contributed by atoms with Crippen LogP contribution in [0.4, 0.5) is 5.69 Å². The number of carbonyl (C=O) groups excluding carboxylic acids is 1. The number of anilines is 1. The van der Waals surface area contributed by atoms with Crippen LogP contribution in [0.5, 0.6) is 5.75 Å². The molecule has 0 unspecified atom stereocenters. The molecule has 0 aliphatic rings. The number of rotatable bonds is 4. The van der Waals surface area contributed by atoms with Gasteiger partial charge in [-0.2, -0.15) is 0 Å². The van der Waals surface area contributed by atoms with Crippen molar-refractivity contribution in [3.8, 4) is 5.75 Å². The fourth-order valence-electron chi connectivity index (χ4n) is 1.29. The van der Waals surface area contributed by atoms with Crippen LogP contribution in [0.25, 0.3) is 0 Å². The zero-order valence-electron chi connectivity index (χ0n) is 10.8. The number of carbonyl (C=O) groups is 1. The Balaban J connectivity index is 2.86. The van der Waals surface area contributed by atoms with E-state index in [4.69, 9.17) is 10.5 Å². The summed E-state index contributed by atoms with van der Waals surface area (Å²) in [5.41, 5.74) is 6.75. The lowest BCUT2D eigenvalue weighted by molar-refractivity contribution is -0.123. The molecule has 0 atom stereocenters. The van der Waals surface area contributed by atoms with E-state index < -0.39 is 5.41 Å². The van der Waals surface area contributed by atoms with Crippen LogP contribution >= 0.6 is 0 Å². The first kappa shape index (κ1) is 13.5. The summed E-state index contributed by atoms with van der Waals surface area (Å²) in [6.45, 7) is 5.88. The number of aryl methyl sites for hydroxylation is 1. The first-order valence-corrected chi connectivity index (χ1v) is 5.57. The Morgan fingerprint density at radius 3 is 2.59 bits per heavy atom. The quantitative estimate of drug-likeness (QED) is 0.839. The van der Waals surface area contributed by atoms with E-state index in [0.29, 0.717) is 6.54 Å². The highest BCUT2D eigenvalue weighted by Crippen LogP contribution is 2.23. The molecule has 4 nitrogen and oxygen atoms in total. The molecule has 0 saturated carbocycles. The predicted molar refractivity (Wildman–Crippen MR) is 69.2 cm³/mol. The van der Waals surface area contributed by atoms with Crippen molar-refractivity contribution in [3.05, 3.63) is 23.8 Å². The molecule has 0 aliphatic carbocycles. The minimum absolute atomic E-state index is 0.0757. The summed E-state index contributed by atoms with van der Waals surface area (Å²) in [6, 6.07) is 5.53. The number of hydrogen-bond acceptors (Lipinski definition) is 3. The van der Waals surface area contributed by atoms with E-state index in [1.54, 1.807) is 7.11 Å². The normalized spacial score (nSPS) is 11.1. The van der Waals surface area contributed by atoms with E-state index in [1.165, 1.54) is 0 Å². The van der Waals surface area contributed by atoms with Crippen molar-refractivity contribution in [3.63, 3.8) is 0 Å². The van der Waals surface area contributed by atoms with Crippen LogP contribution in [0.2, 0.25) is 0 Å². The van der Waals surface area contributed by atoms with Gasteiger partial charge < -0.3 is 15.8 Å². The van der Waals surface area contributed by atoms with Gasteiger partial charge in [-0.25, -0.2) is 0 Å². The van der Waals surface area contributed by atoms with Crippen LogP contribution in [-0.4, -0.2) is 19.6 Å². The molecule has 0 aromatic heterocycles. The number of methoxy groups -OCH3 is 1. The van der Waals surface area contributed by atoms with Crippen LogP contribution in [0.1, 0.15) is 19.4 Å². The molecule has 4 heteroatoms. The van der Waals surface area contributed by atoms with Crippen molar-refractivity contribution >= 4 is 11.6 Å². The van der Waals surface area contributed by atoms with Gasteiger partial charge in [-0.1, -0.05) is 0 Å². The minimum atomic E-state index is -0.563. The Labute approximate surface area is 102 Å². The van der Waals surface area contributed by atoms with Crippen LogP contribution in [-0.2, 0) is 4.79 Å². The number of benzene rings is 1. The van der Waals surface area contributed by atoms with E-state index in [-0.39, 0.29) is 5.91 Å². The molecule has 3 N–H and O–H groups in total. The van der Waals surface area contributed by atoms with Gasteiger partial charge in [0.1, 0.15) is 5.75 Å². The smallest absolute Gasteiger partial charge is 0.231 e. The Bertz CT molecular complexity index is 414. The van der Waals surface area contributed by atoms with Crippen molar-refractivity contribution in [2.75, 3.05) is 19.0 Å². The number of ether oxygens (including phenoxy) is 1. The summed E-state index contributed by atoms with van der Waals surface area (Å²) in [6.07, 6.45) is 0. The van der Waals surface area contributed by atoms with Gasteiger partial charge in [0.05, 0.1) is 12.5 Å². The minimum Gasteiger partial charge on any atom is -0.497 e. The standard InChI is InChI=1S/C13H20N2O2/c1-9-7-10(17-4)5-6-11(9)15-12(16)13(2,3)8-14/h5-7H,8,14H2,1-4H3,(H,15,16). The van der Waals surface area contributed by atoms with E-state index in [9.17, 15) is 4.79 Å². The zero-order chi connectivity index (χ0) is 13.1. The number of nitrogens with one attached hydrogen (secondary N) is 1. The lowest BCUT2D eigenvalue weighted by atomic mass is 9.92. The van der Waals surface area contributed by atoms with Crippen LogP contribution in [0, 0.1) is 12.3 Å². The second kappa shape index (κ2) is 5.19. The fraction of sp³-hybridized carbons (Fsp3) is 0.462. The van der Waals surface area contributed by atoms with Crippen molar-refractivity contribution < 1.29 is 9.53 Å². The van der Waals surface area contributed by atoms with Crippen LogP contribution in [0.3, 0.4) is 0 Å². The summed E-state index contributed by atoms with van der Waals surface area (Å²) >= 11 is 0. The molecule has 0 aliphatic heterocycles. The Hall–Kier alpha value is -1.55. The van der Waals surface area contributed by atoms with Gasteiger partial charge in [-0.3, -0.25) is 4.79 Å². The summed E-state index contributed by atoms with van der Waals surface area (Å²) in [4.78, 5) is 11.9. The van der Waals surface area contributed by atoms with E-state index in [1.807, 2.05) is 39.0 Å². The topological polar surface area (TPSA) is 64.3 Å². The van der Waals surface area contributed by atoms with Crippen molar-refractivity contribution in [1.82, 2.24) is 0 Å². The molecule has 0 radical (unpaired) electrons. The predicted octanol–water partition coefficient (Wildman–Crippen LogP) is 1.93. The van der Waals surface area contributed by atoms with Crippen molar-refractivity contribution in [1.29, 1.82) is 0 Å². The molecule has 1 rings (SSSR count). The maximum absolute atomic E-state index is 11.9. The zero-order valence-corrected chi connectivity index (χ0v) is 10.8. The molecule has 1 amide bonds. The highest BCUT2D eigenvalue weighted by Gasteiger charge is 2.26. The molecular weight excluding hydrogens is 216 g/mol. The summed E-state index contributed by atoms with van der Waals surface area (Å²) in [5.74, 6) is 0.701. The van der Waals surface area contributed by atoms with Crippen LogP contribution in [0.15, 0.2) is 18.2 Å². The molecule has 0 heterocycles. The lowest BCUT2D eigenvalue weighted by Gasteiger charge is -2.22. The number of nitrogens with two attached hydrogens (primary N) is 1. The van der Waals surface area contributed by atoms with Crippen molar-refractivity contribution in [2.24, 2.45) is 11.1 Å². The monoisotopic (exact) mass is 236 g/mol. The molecule has 94 valence electrons. The van der Waals surface area contributed by atoms with Gasteiger partial charge in [-0.15, -0.1) is 0 Å². The third-order valence-electron chi connectivity index (χ3n) is 2.81. The average Bonchev–Trinajstić information content (AvgIpc) is 2.31. The Morgan fingerprint density at radius 1 is 1.47 bits per heavy atom. The Morgan fingerprint density at radius 2 is 2.12 bits per heavy atom. The third kappa shape index (κ3) is 3.20. The number of amides is 1. The second-order valence-electron chi connectivity index (χ2n) is 4.72. The van der Waals surface area contributed by atoms with E-state index in [0.717, 1.165) is 17.0 Å². The highest BCUT2D eigenvalue weighted by molar-refractivity contribution is 5.95. The largest absolute Gasteiger partial charge is 0.497 e.